The second-order valence-corrected chi connectivity index (χ2v) is 7.12. The van der Waals surface area contributed by atoms with E-state index in [4.69, 9.17) is 9.72 Å². The van der Waals surface area contributed by atoms with E-state index in [0.717, 1.165) is 66.4 Å². The van der Waals surface area contributed by atoms with E-state index in [2.05, 4.69) is 12.2 Å². The number of amides is 1. The first kappa shape index (κ1) is 15.6. The molecule has 4 nitrogen and oxygen atoms in total. The van der Waals surface area contributed by atoms with Crippen molar-refractivity contribution in [1.29, 1.82) is 0 Å². The molecule has 2 aromatic rings. The predicted octanol–water partition coefficient (Wildman–Crippen LogP) is 3.27. The monoisotopic (exact) mass is 324 g/mol. The number of rotatable bonds is 3. The Bertz CT molecular complexity index is 766. The van der Waals surface area contributed by atoms with Gasteiger partial charge < -0.3 is 10.1 Å². The van der Waals surface area contributed by atoms with Gasteiger partial charge in [0.1, 0.15) is 0 Å². The molecule has 1 saturated heterocycles. The van der Waals surface area contributed by atoms with Gasteiger partial charge in [-0.25, -0.2) is 0 Å². The van der Waals surface area contributed by atoms with Gasteiger partial charge in [0.15, 0.2) is 0 Å². The summed E-state index contributed by atoms with van der Waals surface area (Å²) in [5.41, 5.74) is 4.01. The van der Waals surface area contributed by atoms with Crippen molar-refractivity contribution >= 4 is 16.8 Å². The summed E-state index contributed by atoms with van der Waals surface area (Å²) < 4.78 is 5.63. The van der Waals surface area contributed by atoms with Crippen molar-refractivity contribution in [2.24, 2.45) is 5.92 Å². The van der Waals surface area contributed by atoms with Crippen molar-refractivity contribution < 1.29 is 9.53 Å². The topological polar surface area (TPSA) is 51.2 Å². The summed E-state index contributed by atoms with van der Waals surface area (Å²) >= 11 is 0. The van der Waals surface area contributed by atoms with Crippen molar-refractivity contribution in [1.82, 2.24) is 10.3 Å². The Hall–Kier alpha value is -1.94. The van der Waals surface area contributed by atoms with E-state index >= 15 is 0 Å². The standard InChI is InChI=1S/C20H24N2O2/c1-13-8-9-18-16(11-13)19(15-6-2-3-7-17(15)22-18)20(23)21-12-14-5-4-10-24-14/h2-3,6-7,13-14H,4-5,8-12H2,1H3,(H,21,23)/t13-,14-/m0/s1. The lowest BCUT2D eigenvalue weighted by atomic mass is 9.84. The first-order valence-electron chi connectivity index (χ1n) is 9.02. The molecule has 2 heterocycles. The summed E-state index contributed by atoms with van der Waals surface area (Å²) in [6.07, 6.45) is 5.34. The lowest BCUT2D eigenvalue weighted by Gasteiger charge is -2.24. The number of nitrogens with zero attached hydrogens (tertiary/aromatic N) is 1. The van der Waals surface area contributed by atoms with Gasteiger partial charge in [0.25, 0.3) is 5.91 Å². The summed E-state index contributed by atoms with van der Waals surface area (Å²) in [6.45, 7) is 3.66. The van der Waals surface area contributed by atoms with Gasteiger partial charge in [-0.2, -0.15) is 0 Å². The van der Waals surface area contributed by atoms with Crippen LogP contribution in [0.15, 0.2) is 24.3 Å². The largest absolute Gasteiger partial charge is 0.376 e. The number of carbonyl (C=O) groups is 1. The van der Waals surface area contributed by atoms with Gasteiger partial charge in [0, 0.05) is 24.2 Å². The number of benzene rings is 1. The Balaban J connectivity index is 1.71. The molecule has 4 rings (SSSR count). The molecule has 1 aliphatic carbocycles. The first-order valence-corrected chi connectivity index (χ1v) is 9.02. The molecule has 4 heteroatoms. The van der Waals surface area contributed by atoms with Crippen LogP contribution in [0.25, 0.3) is 10.9 Å². The van der Waals surface area contributed by atoms with Crippen LogP contribution >= 0.6 is 0 Å². The Morgan fingerprint density at radius 3 is 3.04 bits per heavy atom. The first-order chi connectivity index (χ1) is 11.7. The Labute approximate surface area is 142 Å². The zero-order chi connectivity index (χ0) is 16.5. The number of nitrogens with one attached hydrogen (secondary N) is 1. The fraction of sp³-hybridized carbons (Fsp3) is 0.500. The SMILES string of the molecule is C[C@H]1CCc2nc3ccccc3c(C(=O)NC[C@@H]3CCCO3)c2C1. The minimum atomic E-state index is 0.0226. The van der Waals surface area contributed by atoms with E-state index in [9.17, 15) is 4.79 Å². The molecule has 0 spiro atoms. The number of ether oxygens (including phenoxy) is 1. The summed E-state index contributed by atoms with van der Waals surface area (Å²) in [6, 6.07) is 7.99. The molecular formula is C20H24N2O2. The molecule has 1 aromatic carbocycles. The zero-order valence-electron chi connectivity index (χ0n) is 14.2. The van der Waals surface area contributed by atoms with Crippen molar-refractivity contribution in [3.05, 3.63) is 41.1 Å². The van der Waals surface area contributed by atoms with Crippen molar-refractivity contribution in [3.63, 3.8) is 0 Å². The van der Waals surface area contributed by atoms with Gasteiger partial charge in [-0.05, 0) is 49.7 Å². The van der Waals surface area contributed by atoms with Crippen LogP contribution < -0.4 is 5.32 Å². The maximum atomic E-state index is 13.0. The van der Waals surface area contributed by atoms with E-state index in [1.165, 1.54) is 0 Å². The van der Waals surface area contributed by atoms with Crippen LogP contribution in [-0.2, 0) is 17.6 Å². The average molecular weight is 324 g/mol. The quantitative estimate of drug-likeness (QED) is 0.943. The Morgan fingerprint density at radius 2 is 2.21 bits per heavy atom. The Morgan fingerprint density at radius 1 is 1.33 bits per heavy atom. The maximum absolute atomic E-state index is 13.0. The number of pyridine rings is 1. The fourth-order valence-electron chi connectivity index (χ4n) is 3.92. The average Bonchev–Trinajstić information content (AvgIpc) is 3.11. The molecule has 1 N–H and O–H groups in total. The van der Waals surface area contributed by atoms with Crippen LogP contribution in [0, 0.1) is 5.92 Å². The van der Waals surface area contributed by atoms with Gasteiger partial charge in [0.05, 0.1) is 17.2 Å². The van der Waals surface area contributed by atoms with Gasteiger partial charge in [0.2, 0.25) is 0 Å². The molecular weight excluding hydrogens is 300 g/mol. The third-order valence-corrected chi connectivity index (χ3v) is 5.25. The van der Waals surface area contributed by atoms with Crippen molar-refractivity contribution in [2.75, 3.05) is 13.2 Å². The minimum absolute atomic E-state index is 0.0226. The summed E-state index contributed by atoms with van der Waals surface area (Å²) in [5, 5.41) is 4.07. The number of fused-ring (bicyclic) bond motifs is 2. The highest BCUT2D eigenvalue weighted by atomic mass is 16.5. The normalized spacial score (nSPS) is 23.2. The Kier molecular flexibility index (Phi) is 4.23. The van der Waals surface area contributed by atoms with Gasteiger partial charge in [-0.3, -0.25) is 9.78 Å². The van der Waals surface area contributed by atoms with Crippen LogP contribution in [0.5, 0.6) is 0 Å². The maximum Gasteiger partial charge on any atom is 0.252 e. The number of carbonyl (C=O) groups excluding carboxylic acids is 1. The van der Waals surface area contributed by atoms with Gasteiger partial charge in [-0.15, -0.1) is 0 Å². The molecule has 0 saturated carbocycles. The van der Waals surface area contributed by atoms with E-state index in [1.54, 1.807) is 0 Å². The summed E-state index contributed by atoms with van der Waals surface area (Å²) in [7, 11) is 0. The fourth-order valence-corrected chi connectivity index (χ4v) is 3.92. The molecule has 126 valence electrons. The third kappa shape index (κ3) is 2.91. The summed E-state index contributed by atoms with van der Waals surface area (Å²) in [4.78, 5) is 17.8. The lowest BCUT2D eigenvalue weighted by molar-refractivity contribution is 0.0858. The highest BCUT2D eigenvalue weighted by Gasteiger charge is 2.26. The molecule has 0 bridgehead atoms. The molecule has 1 fully saturated rings. The zero-order valence-corrected chi connectivity index (χ0v) is 14.2. The molecule has 2 atom stereocenters. The van der Waals surface area contributed by atoms with E-state index in [1.807, 2.05) is 24.3 Å². The smallest absolute Gasteiger partial charge is 0.252 e. The predicted molar refractivity (Wildman–Crippen MR) is 94.2 cm³/mol. The number of hydrogen-bond donors (Lipinski definition) is 1. The molecule has 1 aromatic heterocycles. The molecule has 1 amide bonds. The van der Waals surface area contributed by atoms with Crippen molar-refractivity contribution in [2.45, 2.75) is 45.1 Å². The molecule has 24 heavy (non-hydrogen) atoms. The molecule has 0 unspecified atom stereocenters. The number of aryl methyl sites for hydroxylation is 1. The highest BCUT2D eigenvalue weighted by Crippen LogP contribution is 2.31. The minimum Gasteiger partial charge on any atom is -0.376 e. The van der Waals surface area contributed by atoms with Crippen LogP contribution in [0.4, 0.5) is 0 Å². The second kappa shape index (κ2) is 6.52. The van der Waals surface area contributed by atoms with E-state index < -0.39 is 0 Å². The number of para-hydroxylation sites is 1. The lowest BCUT2D eigenvalue weighted by Crippen LogP contribution is -2.33. The van der Waals surface area contributed by atoms with E-state index in [-0.39, 0.29) is 12.0 Å². The number of hydrogen-bond acceptors (Lipinski definition) is 3. The van der Waals surface area contributed by atoms with E-state index in [0.29, 0.717) is 12.5 Å². The molecule has 2 aliphatic rings. The molecule has 1 aliphatic heterocycles. The van der Waals surface area contributed by atoms with Crippen LogP contribution in [-0.4, -0.2) is 30.1 Å². The third-order valence-electron chi connectivity index (χ3n) is 5.25. The summed E-state index contributed by atoms with van der Waals surface area (Å²) in [5.74, 6) is 0.625. The molecule has 0 radical (unpaired) electrons. The number of aromatic nitrogens is 1. The van der Waals surface area contributed by atoms with Crippen molar-refractivity contribution in [3.8, 4) is 0 Å². The van der Waals surface area contributed by atoms with Crippen LogP contribution in [0.2, 0.25) is 0 Å². The van der Waals surface area contributed by atoms with Gasteiger partial charge >= 0.3 is 0 Å². The second-order valence-electron chi connectivity index (χ2n) is 7.12. The van der Waals surface area contributed by atoms with Crippen LogP contribution in [0.1, 0.15) is 47.8 Å². The van der Waals surface area contributed by atoms with Gasteiger partial charge in [-0.1, -0.05) is 25.1 Å². The van der Waals surface area contributed by atoms with Crippen LogP contribution in [0.3, 0.4) is 0 Å². The highest BCUT2D eigenvalue weighted by molar-refractivity contribution is 6.07.